The summed E-state index contributed by atoms with van der Waals surface area (Å²) in [5.74, 6) is 0. The Morgan fingerprint density at radius 3 is 1.20 bits per heavy atom. The van der Waals surface area contributed by atoms with Crippen LogP contribution >= 0.6 is 0 Å². The van der Waals surface area contributed by atoms with Crippen molar-refractivity contribution < 1.29 is 0 Å². The van der Waals surface area contributed by atoms with Crippen LogP contribution in [0.1, 0.15) is 52.7 Å². The molecule has 0 saturated carbocycles. The molecule has 30 heavy (non-hydrogen) atoms. The summed E-state index contributed by atoms with van der Waals surface area (Å²) >= 11 is 0. The first-order valence-electron chi connectivity index (χ1n) is 10.6. The van der Waals surface area contributed by atoms with Gasteiger partial charge in [0.1, 0.15) is 0 Å². The van der Waals surface area contributed by atoms with E-state index in [1.807, 2.05) is 24.5 Å². The molecule has 152 valence electrons. The molecule has 0 fully saturated rings. The van der Waals surface area contributed by atoms with Gasteiger partial charge in [-0.3, -0.25) is 9.97 Å². The SMILES string of the molecule is CC(C)(C)c1ccc2c(-c3ccccn3)c(C(C)(C)C)ccc2c1-c1ccccn1. The number of benzene rings is 2. The Morgan fingerprint density at radius 1 is 0.500 bits per heavy atom. The van der Waals surface area contributed by atoms with Gasteiger partial charge in [0.25, 0.3) is 0 Å². The molecule has 0 aliphatic heterocycles. The highest BCUT2D eigenvalue weighted by Crippen LogP contribution is 2.43. The van der Waals surface area contributed by atoms with Gasteiger partial charge in [-0.2, -0.15) is 0 Å². The van der Waals surface area contributed by atoms with E-state index in [4.69, 9.17) is 9.97 Å². The first kappa shape index (κ1) is 20.3. The van der Waals surface area contributed by atoms with Gasteiger partial charge in [0.05, 0.1) is 11.4 Å². The van der Waals surface area contributed by atoms with Crippen LogP contribution in [0.3, 0.4) is 0 Å². The molecule has 4 rings (SSSR count). The third kappa shape index (κ3) is 3.63. The first-order valence-corrected chi connectivity index (χ1v) is 10.6. The molecule has 4 aromatic rings. The highest BCUT2D eigenvalue weighted by Gasteiger charge is 2.26. The molecule has 0 saturated heterocycles. The van der Waals surface area contributed by atoms with Crippen molar-refractivity contribution in [3.05, 3.63) is 84.2 Å². The fraction of sp³-hybridized carbons (Fsp3) is 0.286. The third-order valence-corrected chi connectivity index (χ3v) is 5.66. The maximum absolute atomic E-state index is 4.73. The van der Waals surface area contributed by atoms with Crippen molar-refractivity contribution in [3.63, 3.8) is 0 Å². The first-order chi connectivity index (χ1) is 14.2. The van der Waals surface area contributed by atoms with Crippen LogP contribution < -0.4 is 0 Å². The molecule has 2 nitrogen and oxygen atoms in total. The summed E-state index contributed by atoms with van der Waals surface area (Å²) in [6.45, 7) is 13.6. The Bertz CT molecular complexity index is 1080. The van der Waals surface area contributed by atoms with Crippen molar-refractivity contribution >= 4 is 10.8 Å². The van der Waals surface area contributed by atoms with Crippen molar-refractivity contribution in [1.82, 2.24) is 9.97 Å². The van der Waals surface area contributed by atoms with E-state index in [1.54, 1.807) is 0 Å². The molecular formula is C28H30N2. The van der Waals surface area contributed by atoms with Gasteiger partial charge in [0.2, 0.25) is 0 Å². The molecule has 0 atom stereocenters. The standard InChI is InChI=1S/C28H30N2/c1-27(2,3)21-15-13-20-19(25(21)23-11-7-9-17-29-23)14-16-22(28(4,5)6)26(20)24-12-8-10-18-30-24/h7-18H,1-6H3. The summed E-state index contributed by atoms with van der Waals surface area (Å²) < 4.78 is 0. The summed E-state index contributed by atoms with van der Waals surface area (Å²) in [7, 11) is 0. The number of fused-ring (bicyclic) bond motifs is 1. The van der Waals surface area contributed by atoms with Crippen LogP contribution in [0.5, 0.6) is 0 Å². The largest absolute Gasteiger partial charge is 0.256 e. The lowest BCUT2D eigenvalue weighted by Crippen LogP contribution is -2.15. The molecule has 0 aliphatic rings. The lowest BCUT2D eigenvalue weighted by molar-refractivity contribution is 0.591. The second kappa shape index (κ2) is 7.36. The fourth-order valence-corrected chi connectivity index (χ4v) is 4.23. The Labute approximate surface area is 180 Å². The minimum atomic E-state index is 0.00883. The van der Waals surface area contributed by atoms with E-state index >= 15 is 0 Å². The monoisotopic (exact) mass is 394 g/mol. The van der Waals surface area contributed by atoms with Gasteiger partial charge in [-0.1, -0.05) is 77.9 Å². The lowest BCUT2D eigenvalue weighted by Gasteiger charge is -2.28. The normalized spacial score (nSPS) is 12.3. The summed E-state index contributed by atoms with van der Waals surface area (Å²) in [6, 6.07) is 21.4. The zero-order chi connectivity index (χ0) is 21.5. The highest BCUT2D eigenvalue weighted by molar-refractivity contribution is 6.06. The Morgan fingerprint density at radius 2 is 0.900 bits per heavy atom. The van der Waals surface area contributed by atoms with E-state index in [0.717, 1.165) is 11.4 Å². The van der Waals surface area contributed by atoms with Gasteiger partial charge in [-0.15, -0.1) is 0 Å². The third-order valence-electron chi connectivity index (χ3n) is 5.66. The quantitative estimate of drug-likeness (QED) is 0.350. The number of rotatable bonds is 2. The maximum Gasteiger partial charge on any atom is 0.0711 e. The predicted molar refractivity (Wildman–Crippen MR) is 128 cm³/mol. The second-order valence-corrected chi connectivity index (χ2v) is 10.0. The van der Waals surface area contributed by atoms with E-state index in [-0.39, 0.29) is 10.8 Å². The van der Waals surface area contributed by atoms with Crippen molar-refractivity contribution in [2.75, 3.05) is 0 Å². The van der Waals surface area contributed by atoms with Crippen LogP contribution in [0.2, 0.25) is 0 Å². The second-order valence-electron chi connectivity index (χ2n) is 10.0. The van der Waals surface area contributed by atoms with Crippen LogP contribution in [0.4, 0.5) is 0 Å². The molecule has 2 heteroatoms. The van der Waals surface area contributed by atoms with Crippen LogP contribution in [0.25, 0.3) is 33.3 Å². The van der Waals surface area contributed by atoms with E-state index in [1.165, 1.54) is 33.0 Å². The lowest BCUT2D eigenvalue weighted by atomic mass is 9.77. The summed E-state index contributed by atoms with van der Waals surface area (Å²) in [5, 5.41) is 2.46. The molecule has 2 aromatic carbocycles. The molecule has 0 aliphatic carbocycles. The minimum absolute atomic E-state index is 0.00883. The molecule has 0 N–H and O–H groups in total. The molecule has 0 radical (unpaired) electrons. The van der Waals surface area contributed by atoms with E-state index in [0.29, 0.717) is 0 Å². The Balaban J connectivity index is 2.17. The summed E-state index contributed by atoms with van der Waals surface area (Å²) in [5.41, 5.74) is 7.11. The van der Waals surface area contributed by atoms with Crippen LogP contribution in [-0.4, -0.2) is 9.97 Å². The highest BCUT2D eigenvalue weighted by atomic mass is 14.7. The topological polar surface area (TPSA) is 25.8 Å². The summed E-state index contributed by atoms with van der Waals surface area (Å²) in [4.78, 5) is 9.46. The number of hydrogen-bond acceptors (Lipinski definition) is 2. The zero-order valence-corrected chi connectivity index (χ0v) is 18.8. The zero-order valence-electron chi connectivity index (χ0n) is 18.8. The van der Waals surface area contributed by atoms with Gasteiger partial charge in [-0.25, -0.2) is 0 Å². The summed E-state index contributed by atoms with van der Waals surface area (Å²) in [6.07, 6.45) is 3.76. The maximum atomic E-state index is 4.73. The van der Waals surface area contributed by atoms with Gasteiger partial charge in [-0.05, 0) is 57.0 Å². The van der Waals surface area contributed by atoms with Crippen LogP contribution in [0.15, 0.2) is 73.1 Å². The van der Waals surface area contributed by atoms with Crippen LogP contribution in [-0.2, 0) is 10.8 Å². The van der Waals surface area contributed by atoms with E-state index < -0.39 is 0 Å². The van der Waals surface area contributed by atoms with E-state index in [9.17, 15) is 0 Å². The van der Waals surface area contributed by atoms with Gasteiger partial charge >= 0.3 is 0 Å². The molecule has 0 spiro atoms. The van der Waals surface area contributed by atoms with Crippen molar-refractivity contribution in [3.8, 4) is 22.5 Å². The number of hydrogen-bond donors (Lipinski definition) is 0. The Kier molecular flexibility index (Phi) is 4.97. The van der Waals surface area contributed by atoms with Crippen LogP contribution in [0, 0.1) is 0 Å². The van der Waals surface area contributed by atoms with Gasteiger partial charge < -0.3 is 0 Å². The molecule has 0 amide bonds. The van der Waals surface area contributed by atoms with Crippen molar-refractivity contribution in [1.29, 1.82) is 0 Å². The molecule has 2 aromatic heterocycles. The number of nitrogens with zero attached hydrogens (tertiary/aromatic N) is 2. The predicted octanol–water partition coefficient (Wildman–Crippen LogP) is 7.56. The molecular weight excluding hydrogens is 364 g/mol. The smallest absolute Gasteiger partial charge is 0.0711 e. The minimum Gasteiger partial charge on any atom is -0.256 e. The van der Waals surface area contributed by atoms with Gasteiger partial charge in [0, 0.05) is 23.5 Å². The van der Waals surface area contributed by atoms with E-state index in [2.05, 4.69) is 90.1 Å². The molecule has 2 heterocycles. The molecule has 0 unspecified atom stereocenters. The van der Waals surface area contributed by atoms with Gasteiger partial charge in [0.15, 0.2) is 0 Å². The number of aromatic nitrogens is 2. The number of pyridine rings is 2. The Hall–Kier alpha value is -3.00. The fourth-order valence-electron chi connectivity index (χ4n) is 4.23. The van der Waals surface area contributed by atoms with Crippen molar-refractivity contribution in [2.24, 2.45) is 0 Å². The van der Waals surface area contributed by atoms with Crippen molar-refractivity contribution in [2.45, 2.75) is 52.4 Å². The average molecular weight is 395 g/mol. The molecule has 0 bridgehead atoms. The average Bonchev–Trinajstić information content (AvgIpc) is 2.72.